The number of benzene rings is 2. The van der Waals surface area contributed by atoms with Crippen molar-refractivity contribution in [1.29, 1.82) is 0 Å². The number of nitrogens with zero attached hydrogens (tertiary/aromatic N) is 5. The smallest absolute Gasteiger partial charge is 0.278 e. The van der Waals surface area contributed by atoms with Crippen LogP contribution in [0.5, 0.6) is 0 Å². The molecule has 10 heteroatoms. The van der Waals surface area contributed by atoms with Crippen LogP contribution in [0.1, 0.15) is 24.3 Å². The van der Waals surface area contributed by atoms with Crippen LogP contribution >= 0.6 is 0 Å². The Hall–Kier alpha value is -4.05. The average molecular weight is 490 g/mol. The Kier molecular flexibility index (Phi) is 5.40. The summed E-state index contributed by atoms with van der Waals surface area (Å²) >= 11 is 0. The first kappa shape index (κ1) is 22.7. The number of hydrogen-bond acceptors (Lipinski definition) is 6. The van der Waals surface area contributed by atoms with Crippen molar-refractivity contribution in [3.05, 3.63) is 72.9 Å². The zero-order valence-corrected chi connectivity index (χ0v) is 20.2. The second-order valence-corrected chi connectivity index (χ2v) is 10.6. The maximum absolute atomic E-state index is 13.6. The topological polar surface area (TPSA) is 105 Å². The lowest BCUT2D eigenvalue weighted by atomic mass is 10.0. The van der Waals surface area contributed by atoms with Crippen LogP contribution in [0, 0.1) is 0 Å². The summed E-state index contributed by atoms with van der Waals surface area (Å²) in [6, 6.07) is 11.9. The highest BCUT2D eigenvalue weighted by Crippen LogP contribution is 2.39. The Morgan fingerprint density at radius 2 is 1.74 bits per heavy atom. The van der Waals surface area contributed by atoms with E-state index in [1.807, 2.05) is 25.1 Å². The van der Waals surface area contributed by atoms with Gasteiger partial charge in [-0.2, -0.15) is 0 Å². The summed E-state index contributed by atoms with van der Waals surface area (Å²) in [5.74, 6) is -0.399. The highest BCUT2D eigenvalue weighted by Gasteiger charge is 2.35. The van der Waals surface area contributed by atoms with Crippen molar-refractivity contribution in [2.75, 3.05) is 22.6 Å². The van der Waals surface area contributed by atoms with Gasteiger partial charge in [-0.1, -0.05) is 18.2 Å². The van der Waals surface area contributed by atoms with Gasteiger partial charge in [0.05, 0.1) is 28.5 Å². The van der Waals surface area contributed by atoms with Crippen LogP contribution in [-0.2, 0) is 14.6 Å². The van der Waals surface area contributed by atoms with Crippen LogP contribution in [0.3, 0.4) is 0 Å². The highest BCUT2D eigenvalue weighted by atomic mass is 32.2. The van der Waals surface area contributed by atoms with Gasteiger partial charge in [0, 0.05) is 38.3 Å². The number of rotatable bonds is 3. The van der Waals surface area contributed by atoms with Gasteiger partial charge < -0.3 is 14.2 Å². The second-order valence-electron chi connectivity index (χ2n) is 8.62. The number of fused-ring (bicyclic) bond motifs is 2. The molecule has 2 aromatic carbocycles. The van der Waals surface area contributed by atoms with E-state index in [9.17, 15) is 18.0 Å². The number of hydrogen-bond donors (Lipinski definition) is 0. The minimum Gasteiger partial charge on any atom is -0.306 e. The maximum atomic E-state index is 13.6. The molecule has 1 aliphatic heterocycles. The molecular formula is C25H23N5O4S. The van der Waals surface area contributed by atoms with Crippen molar-refractivity contribution in [3.8, 4) is 11.1 Å². The van der Waals surface area contributed by atoms with E-state index in [1.54, 1.807) is 63.3 Å². The predicted octanol–water partition coefficient (Wildman–Crippen LogP) is 3.20. The van der Waals surface area contributed by atoms with Gasteiger partial charge in [0.1, 0.15) is 5.69 Å². The van der Waals surface area contributed by atoms with Crippen LogP contribution in [0.25, 0.3) is 16.8 Å². The van der Waals surface area contributed by atoms with Crippen molar-refractivity contribution in [3.63, 3.8) is 0 Å². The quantitative estimate of drug-likeness (QED) is 0.438. The largest absolute Gasteiger partial charge is 0.306 e. The Labute approximate surface area is 202 Å². The van der Waals surface area contributed by atoms with Crippen molar-refractivity contribution >= 4 is 38.7 Å². The van der Waals surface area contributed by atoms with Crippen LogP contribution < -0.4 is 9.80 Å². The van der Waals surface area contributed by atoms with Crippen molar-refractivity contribution in [2.45, 2.75) is 24.8 Å². The highest BCUT2D eigenvalue weighted by molar-refractivity contribution is 7.90. The molecule has 1 aliphatic rings. The van der Waals surface area contributed by atoms with Gasteiger partial charge >= 0.3 is 0 Å². The van der Waals surface area contributed by atoms with E-state index >= 15 is 0 Å². The molecule has 2 amide bonds. The molecule has 9 nitrogen and oxygen atoms in total. The number of anilines is 2. The summed E-state index contributed by atoms with van der Waals surface area (Å²) in [5, 5.41) is 0. The lowest BCUT2D eigenvalue weighted by Crippen LogP contribution is -2.51. The molecule has 3 heterocycles. The molecule has 0 bridgehead atoms. The molecule has 0 aliphatic carbocycles. The van der Waals surface area contributed by atoms with Gasteiger partial charge in [-0.25, -0.2) is 13.4 Å². The van der Waals surface area contributed by atoms with Gasteiger partial charge in [0.2, 0.25) is 5.91 Å². The fourth-order valence-electron chi connectivity index (χ4n) is 4.46. The van der Waals surface area contributed by atoms with E-state index in [2.05, 4.69) is 9.97 Å². The van der Waals surface area contributed by atoms with E-state index in [0.29, 0.717) is 23.6 Å². The molecule has 2 aromatic heterocycles. The molecule has 4 aromatic rings. The monoisotopic (exact) mass is 489 g/mol. The normalized spacial score (nSPS) is 15.8. The molecule has 0 N–H and O–H groups in total. The first-order chi connectivity index (χ1) is 16.6. The van der Waals surface area contributed by atoms with Gasteiger partial charge in [0.25, 0.3) is 5.91 Å². The zero-order chi connectivity index (χ0) is 24.9. The second kappa shape index (κ2) is 8.31. The molecule has 0 saturated heterocycles. The van der Waals surface area contributed by atoms with E-state index in [-0.39, 0.29) is 28.4 Å². The summed E-state index contributed by atoms with van der Waals surface area (Å²) in [6.45, 7) is 3.70. The number of carbonyl (C=O) groups is 2. The molecule has 35 heavy (non-hydrogen) atoms. The molecule has 1 atom stereocenters. The van der Waals surface area contributed by atoms with E-state index < -0.39 is 9.84 Å². The van der Waals surface area contributed by atoms with Gasteiger partial charge in [0.15, 0.2) is 15.5 Å². The summed E-state index contributed by atoms with van der Waals surface area (Å²) in [5.41, 5.74) is 3.63. The summed E-state index contributed by atoms with van der Waals surface area (Å²) in [4.78, 5) is 38.1. The van der Waals surface area contributed by atoms with E-state index in [0.717, 1.165) is 17.4 Å². The third-order valence-corrected chi connectivity index (χ3v) is 7.23. The first-order valence-corrected chi connectivity index (χ1v) is 12.9. The molecule has 178 valence electrons. The number of aromatic nitrogens is 3. The van der Waals surface area contributed by atoms with Crippen LogP contribution in [0.4, 0.5) is 11.4 Å². The lowest BCUT2D eigenvalue weighted by molar-refractivity contribution is -0.117. The van der Waals surface area contributed by atoms with Gasteiger partial charge in [-0.3, -0.25) is 14.6 Å². The third kappa shape index (κ3) is 4.06. The molecule has 0 spiro atoms. The van der Waals surface area contributed by atoms with E-state index in [4.69, 9.17) is 0 Å². The molecule has 0 radical (unpaired) electrons. The Morgan fingerprint density at radius 3 is 2.40 bits per heavy atom. The molecule has 0 unspecified atom stereocenters. The SMILES string of the molecule is CC(=O)N1c2ccc(-c3ccc(S(C)(=O)=O)cc3)cc2N(C(=O)c2cn3ccncc3n2)C[C@@H]1C. The third-order valence-electron chi connectivity index (χ3n) is 6.10. The van der Waals surface area contributed by atoms with Crippen LogP contribution in [0.2, 0.25) is 0 Å². The minimum absolute atomic E-state index is 0.116. The fourth-order valence-corrected chi connectivity index (χ4v) is 5.09. The van der Waals surface area contributed by atoms with E-state index in [1.165, 1.54) is 6.92 Å². The first-order valence-electron chi connectivity index (χ1n) is 11.0. The molecule has 0 saturated carbocycles. The van der Waals surface area contributed by atoms with Crippen molar-refractivity contribution in [2.24, 2.45) is 0 Å². The molecule has 5 rings (SSSR count). The number of imidazole rings is 1. The van der Waals surface area contributed by atoms with Crippen molar-refractivity contribution < 1.29 is 18.0 Å². The summed E-state index contributed by atoms with van der Waals surface area (Å²) < 4.78 is 25.4. The minimum atomic E-state index is -3.31. The Bertz CT molecular complexity index is 1540. The van der Waals surface area contributed by atoms with Crippen molar-refractivity contribution in [1.82, 2.24) is 14.4 Å². The van der Waals surface area contributed by atoms with Crippen LogP contribution in [-0.4, -0.2) is 53.4 Å². The van der Waals surface area contributed by atoms with Crippen LogP contribution in [0.15, 0.2) is 72.1 Å². The number of sulfone groups is 1. The van der Waals surface area contributed by atoms with Gasteiger partial charge in [-0.15, -0.1) is 0 Å². The Balaban J connectivity index is 1.60. The standard InChI is InChI=1S/C25H23N5O4S/c1-16-14-29(25(32)21-15-28-11-10-26-13-24(28)27-21)23-12-19(6-9-22(23)30(16)17(2)31)18-4-7-20(8-5-18)35(3,33)34/h4-13,15-16H,14H2,1-3H3/t16-/m0/s1. The number of carbonyl (C=O) groups excluding carboxylic acids is 2. The lowest BCUT2D eigenvalue weighted by Gasteiger charge is -2.40. The predicted molar refractivity (Wildman–Crippen MR) is 132 cm³/mol. The summed E-state index contributed by atoms with van der Waals surface area (Å²) in [7, 11) is -3.31. The average Bonchev–Trinajstić information content (AvgIpc) is 3.26. The zero-order valence-electron chi connectivity index (χ0n) is 19.4. The molecular weight excluding hydrogens is 466 g/mol. The fraction of sp³-hybridized carbons (Fsp3) is 0.200. The van der Waals surface area contributed by atoms with Gasteiger partial charge in [-0.05, 0) is 42.3 Å². The molecule has 0 fully saturated rings. The Morgan fingerprint density at radius 1 is 1.03 bits per heavy atom. The summed E-state index contributed by atoms with van der Waals surface area (Å²) in [6.07, 6.45) is 7.75. The number of amides is 2. The maximum Gasteiger partial charge on any atom is 0.278 e.